The van der Waals surface area contributed by atoms with Crippen molar-refractivity contribution in [3.05, 3.63) is 23.8 Å². The van der Waals surface area contributed by atoms with Crippen molar-refractivity contribution in [1.29, 1.82) is 0 Å². The van der Waals surface area contributed by atoms with E-state index in [0.29, 0.717) is 5.69 Å². The Morgan fingerprint density at radius 3 is 2.83 bits per heavy atom. The summed E-state index contributed by atoms with van der Waals surface area (Å²) in [6, 6.07) is 5.54. The zero-order valence-electron chi connectivity index (χ0n) is 10.4. The van der Waals surface area contributed by atoms with Gasteiger partial charge in [-0.05, 0) is 37.1 Å². The molecule has 1 unspecified atom stereocenters. The van der Waals surface area contributed by atoms with Crippen molar-refractivity contribution >= 4 is 27.1 Å². The van der Waals surface area contributed by atoms with Crippen molar-refractivity contribution in [2.24, 2.45) is 0 Å². The lowest BCUT2D eigenvalue weighted by atomic mass is 10.1. The first kappa shape index (κ1) is 12.9. The van der Waals surface area contributed by atoms with Crippen LogP contribution in [-0.2, 0) is 21.1 Å². The van der Waals surface area contributed by atoms with E-state index < -0.39 is 21.0 Å². The first-order valence-electron chi connectivity index (χ1n) is 5.74. The van der Waals surface area contributed by atoms with Crippen LogP contribution in [0.15, 0.2) is 18.2 Å². The molecule has 0 bridgehead atoms. The van der Waals surface area contributed by atoms with Crippen molar-refractivity contribution in [2.45, 2.75) is 18.6 Å². The van der Waals surface area contributed by atoms with Crippen LogP contribution < -0.4 is 10.6 Å². The normalized spacial score (nSPS) is 15.7. The van der Waals surface area contributed by atoms with Gasteiger partial charge in [0.1, 0.15) is 5.25 Å². The molecule has 18 heavy (non-hydrogen) atoms. The summed E-state index contributed by atoms with van der Waals surface area (Å²) in [5, 5.41) is 4.81. The molecular weight excluding hydrogens is 252 g/mol. The largest absolute Gasteiger partial charge is 0.384 e. The van der Waals surface area contributed by atoms with E-state index in [-0.39, 0.29) is 0 Å². The molecule has 0 spiro atoms. The molecule has 1 atom stereocenters. The third-order valence-electron chi connectivity index (χ3n) is 3.09. The molecular formula is C12H16N2O3S. The summed E-state index contributed by atoms with van der Waals surface area (Å²) in [4.78, 5) is 11.8. The van der Waals surface area contributed by atoms with E-state index in [0.717, 1.165) is 30.5 Å². The SMILES string of the molecule is CC(C(=O)Nc1ccc2c(c1)CCN2)S(C)(=O)=O. The van der Waals surface area contributed by atoms with Gasteiger partial charge in [-0.3, -0.25) is 4.79 Å². The molecule has 1 amide bonds. The van der Waals surface area contributed by atoms with Gasteiger partial charge < -0.3 is 10.6 Å². The van der Waals surface area contributed by atoms with Gasteiger partial charge in [0.05, 0.1) is 0 Å². The molecule has 6 heteroatoms. The van der Waals surface area contributed by atoms with E-state index in [9.17, 15) is 13.2 Å². The molecule has 0 saturated heterocycles. The van der Waals surface area contributed by atoms with Gasteiger partial charge in [0, 0.05) is 24.2 Å². The zero-order valence-corrected chi connectivity index (χ0v) is 11.2. The predicted octanol–water partition coefficient (Wildman–Crippen LogP) is 1.03. The molecule has 98 valence electrons. The van der Waals surface area contributed by atoms with Crippen LogP contribution in [0, 0.1) is 0 Å². The second-order valence-corrected chi connectivity index (χ2v) is 6.88. The van der Waals surface area contributed by atoms with E-state index in [1.165, 1.54) is 6.92 Å². The number of benzene rings is 1. The minimum Gasteiger partial charge on any atom is -0.384 e. The van der Waals surface area contributed by atoms with Crippen LogP contribution >= 0.6 is 0 Å². The number of hydrogen-bond donors (Lipinski definition) is 2. The third kappa shape index (κ3) is 2.64. The first-order valence-corrected chi connectivity index (χ1v) is 7.70. The minimum absolute atomic E-state index is 0.497. The van der Waals surface area contributed by atoms with Crippen LogP contribution in [0.5, 0.6) is 0 Å². The molecule has 1 aromatic rings. The maximum absolute atomic E-state index is 11.8. The highest BCUT2D eigenvalue weighted by Gasteiger charge is 2.23. The minimum atomic E-state index is -3.36. The summed E-state index contributed by atoms with van der Waals surface area (Å²) in [5.41, 5.74) is 2.85. The Morgan fingerprint density at radius 1 is 1.44 bits per heavy atom. The summed E-state index contributed by atoms with van der Waals surface area (Å²) in [7, 11) is -3.36. The van der Waals surface area contributed by atoms with Gasteiger partial charge in [0.25, 0.3) is 0 Å². The summed E-state index contributed by atoms with van der Waals surface area (Å²) in [6.45, 7) is 2.28. The van der Waals surface area contributed by atoms with E-state index in [2.05, 4.69) is 10.6 Å². The Hall–Kier alpha value is -1.56. The Bertz CT molecular complexity index is 581. The van der Waals surface area contributed by atoms with Gasteiger partial charge in [-0.15, -0.1) is 0 Å². The fourth-order valence-corrected chi connectivity index (χ4v) is 2.27. The molecule has 2 N–H and O–H groups in total. The van der Waals surface area contributed by atoms with Crippen molar-refractivity contribution in [2.75, 3.05) is 23.4 Å². The highest BCUT2D eigenvalue weighted by atomic mass is 32.2. The molecule has 0 aromatic heterocycles. The molecule has 1 aliphatic heterocycles. The molecule has 1 aromatic carbocycles. The first-order chi connectivity index (χ1) is 8.38. The second kappa shape index (κ2) is 4.61. The van der Waals surface area contributed by atoms with Crippen LogP contribution in [0.25, 0.3) is 0 Å². The Morgan fingerprint density at radius 2 is 2.17 bits per heavy atom. The maximum atomic E-state index is 11.8. The van der Waals surface area contributed by atoms with Crippen LogP contribution in [0.1, 0.15) is 12.5 Å². The van der Waals surface area contributed by atoms with E-state index in [1.807, 2.05) is 12.1 Å². The maximum Gasteiger partial charge on any atom is 0.242 e. The number of fused-ring (bicyclic) bond motifs is 1. The number of amides is 1. The van der Waals surface area contributed by atoms with E-state index in [4.69, 9.17) is 0 Å². The Kier molecular flexibility index (Phi) is 3.30. The predicted molar refractivity (Wildman–Crippen MR) is 71.6 cm³/mol. The molecule has 0 radical (unpaired) electrons. The number of hydrogen-bond acceptors (Lipinski definition) is 4. The standard InChI is InChI=1S/C12H16N2O3S/c1-8(18(2,16)17)12(15)14-10-3-4-11-9(7-10)5-6-13-11/h3-4,7-8,13H,5-6H2,1-2H3,(H,14,15). The lowest BCUT2D eigenvalue weighted by Crippen LogP contribution is -2.31. The van der Waals surface area contributed by atoms with E-state index >= 15 is 0 Å². The molecule has 0 aliphatic carbocycles. The summed E-state index contributed by atoms with van der Waals surface area (Å²) in [6.07, 6.45) is 1.98. The monoisotopic (exact) mass is 268 g/mol. The molecule has 1 aliphatic rings. The molecule has 0 fully saturated rings. The third-order valence-corrected chi connectivity index (χ3v) is 4.59. The lowest BCUT2D eigenvalue weighted by Gasteiger charge is -2.11. The smallest absolute Gasteiger partial charge is 0.242 e. The average Bonchev–Trinajstić information content (AvgIpc) is 2.73. The van der Waals surface area contributed by atoms with Gasteiger partial charge >= 0.3 is 0 Å². The number of carbonyl (C=O) groups is 1. The molecule has 1 heterocycles. The highest BCUT2D eigenvalue weighted by Crippen LogP contribution is 2.25. The van der Waals surface area contributed by atoms with E-state index in [1.54, 1.807) is 6.07 Å². The molecule has 0 saturated carbocycles. The summed E-state index contributed by atoms with van der Waals surface area (Å²) in [5.74, 6) is -0.497. The zero-order chi connectivity index (χ0) is 13.3. The van der Waals surface area contributed by atoms with Crippen LogP contribution in [0.3, 0.4) is 0 Å². The van der Waals surface area contributed by atoms with Crippen molar-refractivity contribution in [1.82, 2.24) is 0 Å². The van der Waals surface area contributed by atoms with Crippen molar-refractivity contribution < 1.29 is 13.2 Å². The van der Waals surface area contributed by atoms with Gasteiger partial charge in [-0.25, -0.2) is 8.42 Å². The van der Waals surface area contributed by atoms with Crippen LogP contribution in [0.4, 0.5) is 11.4 Å². The average molecular weight is 268 g/mol. The number of rotatable bonds is 3. The topological polar surface area (TPSA) is 75.3 Å². The molecule has 2 rings (SSSR count). The summed E-state index contributed by atoms with van der Waals surface area (Å²) >= 11 is 0. The quantitative estimate of drug-likeness (QED) is 0.858. The Balaban J connectivity index is 2.13. The van der Waals surface area contributed by atoms with Gasteiger partial charge in [-0.1, -0.05) is 0 Å². The lowest BCUT2D eigenvalue weighted by molar-refractivity contribution is -0.115. The second-order valence-electron chi connectivity index (χ2n) is 4.51. The van der Waals surface area contributed by atoms with Gasteiger partial charge in [-0.2, -0.15) is 0 Å². The number of anilines is 2. The number of nitrogens with one attached hydrogen (secondary N) is 2. The van der Waals surface area contributed by atoms with Crippen molar-refractivity contribution in [3.8, 4) is 0 Å². The Labute approximate surface area is 107 Å². The molecule has 5 nitrogen and oxygen atoms in total. The van der Waals surface area contributed by atoms with Crippen LogP contribution in [-0.4, -0.2) is 32.4 Å². The number of carbonyl (C=O) groups excluding carboxylic acids is 1. The van der Waals surface area contributed by atoms with Crippen LogP contribution in [0.2, 0.25) is 0 Å². The number of sulfone groups is 1. The highest BCUT2D eigenvalue weighted by molar-refractivity contribution is 7.92. The fraction of sp³-hybridized carbons (Fsp3) is 0.417. The fourth-order valence-electron chi connectivity index (χ4n) is 1.82. The summed E-state index contributed by atoms with van der Waals surface area (Å²) < 4.78 is 22.6. The van der Waals surface area contributed by atoms with Gasteiger partial charge in [0.15, 0.2) is 9.84 Å². The van der Waals surface area contributed by atoms with Crippen molar-refractivity contribution in [3.63, 3.8) is 0 Å². The van der Waals surface area contributed by atoms with Gasteiger partial charge in [0.2, 0.25) is 5.91 Å².